The van der Waals surface area contributed by atoms with Gasteiger partial charge in [-0.15, -0.1) is 0 Å². The van der Waals surface area contributed by atoms with Gasteiger partial charge in [0.25, 0.3) is 5.91 Å². The monoisotopic (exact) mass is 524 g/mol. The number of benzene rings is 2. The molecule has 186 valence electrons. The molecule has 2 heterocycles. The number of hydrogen-bond donors (Lipinski definition) is 2. The minimum Gasteiger partial charge on any atom is -0.378 e. The molecule has 11 heteroatoms. The van der Waals surface area contributed by atoms with Gasteiger partial charge >= 0.3 is 0 Å². The summed E-state index contributed by atoms with van der Waals surface area (Å²) < 4.78 is 33.2. The summed E-state index contributed by atoms with van der Waals surface area (Å²) in [6.45, 7) is 4.21. The van der Waals surface area contributed by atoms with Gasteiger partial charge in [-0.25, -0.2) is 13.8 Å². The Kier molecular flexibility index (Phi) is 7.04. The third-order valence-corrected chi connectivity index (χ3v) is 6.97. The molecule has 0 unspecified atom stereocenters. The van der Waals surface area contributed by atoms with E-state index in [1.807, 2.05) is 6.92 Å². The molecular weight excluding hydrogens is 501 g/mol. The lowest BCUT2D eigenvalue weighted by Gasteiger charge is -2.41. The largest absolute Gasteiger partial charge is 0.378 e. The number of amides is 2. The summed E-state index contributed by atoms with van der Waals surface area (Å²) in [7, 11) is 0. The fourth-order valence-corrected chi connectivity index (χ4v) is 5.08. The summed E-state index contributed by atoms with van der Waals surface area (Å²) in [4.78, 5) is 32.0. The Morgan fingerprint density at radius 2 is 2.03 bits per heavy atom. The van der Waals surface area contributed by atoms with Crippen molar-refractivity contribution < 1.29 is 23.1 Å². The molecule has 1 saturated heterocycles. The van der Waals surface area contributed by atoms with Crippen LogP contribution in [0, 0.1) is 11.6 Å². The van der Waals surface area contributed by atoms with E-state index < -0.39 is 33.7 Å². The number of ether oxygens (including phenoxy) is 1. The number of carbonyl (C=O) groups excluding carboxylic acids is 2. The predicted octanol–water partition coefficient (Wildman–Crippen LogP) is 4.85. The zero-order valence-electron chi connectivity index (χ0n) is 19.1. The third-order valence-electron chi connectivity index (χ3n) is 6.28. The summed E-state index contributed by atoms with van der Waals surface area (Å²) in [6, 6.07) is 6.16. The molecule has 0 aliphatic carbocycles. The van der Waals surface area contributed by atoms with Crippen LogP contribution in [0.5, 0.6) is 0 Å². The SMILES string of the molecule is C[C@@H]1C[C@H](N2C(=O)C[C@@](C)(c3cccc(NC(=O)c4cc(Cl)c(F)cc4F)c3Cl)N=C2N)CCO1. The van der Waals surface area contributed by atoms with Crippen molar-refractivity contribution in [3.8, 4) is 0 Å². The number of anilines is 1. The number of guanidine groups is 1. The van der Waals surface area contributed by atoms with Crippen LogP contribution in [-0.2, 0) is 15.1 Å². The van der Waals surface area contributed by atoms with E-state index in [1.165, 1.54) is 11.0 Å². The standard InChI is InChI=1S/C24H24Cl2F2N4O3/c1-12-8-13(6-7-35-12)32-20(33)11-24(2,31-23(32)29)15-4-3-5-19(21(15)26)30-22(34)14-9-16(25)18(28)10-17(14)27/h3-5,9-10,12-13H,6-8,11H2,1-2H3,(H2,29,31)(H,30,34)/t12-,13-,24+/m1/s1. The van der Waals surface area contributed by atoms with Crippen LogP contribution in [0.25, 0.3) is 0 Å². The Hall–Kier alpha value is -2.75. The Morgan fingerprint density at radius 1 is 1.29 bits per heavy atom. The molecular formula is C24H24Cl2F2N4O3. The van der Waals surface area contributed by atoms with E-state index in [0.29, 0.717) is 31.1 Å². The number of nitrogens with one attached hydrogen (secondary N) is 1. The Labute approximate surface area is 211 Å². The molecule has 2 aliphatic rings. The smallest absolute Gasteiger partial charge is 0.258 e. The number of rotatable bonds is 4. The average molecular weight is 525 g/mol. The topological polar surface area (TPSA) is 97.0 Å². The molecule has 0 radical (unpaired) electrons. The Morgan fingerprint density at radius 3 is 2.71 bits per heavy atom. The van der Waals surface area contributed by atoms with Crippen molar-refractivity contribution in [2.75, 3.05) is 11.9 Å². The second kappa shape index (κ2) is 9.72. The zero-order valence-corrected chi connectivity index (χ0v) is 20.6. The molecule has 3 N–H and O–H groups in total. The minimum atomic E-state index is -1.09. The van der Waals surface area contributed by atoms with E-state index in [4.69, 9.17) is 33.7 Å². The second-order valence-corrected chi connectivity index (χ2v) is 9.70. The number of halogens is 4. The highest BCUT2D eigenvalue weighted by Crippen LogP contribution is 2.41. The molecule has 35 heavy (non-hydrogen) atoms. The lowest BCUT2D eigenvalue weighted by molar-refractivity contribution is -0.133. The van der Waals surface area contributed by atoms with E-state index in [-0.39, 0.29) is 41.1 Å². The lowest BCUT2D eigenvalue weighted by Crippen LogP contribution is -2.56. The zero-order chi connectivity index (χ0) is 25.5. The van der Waals surface area contributed by atoms with Crippen molar-refractivity contribution in [3.05, 3.63) is 63.1 Å². The summed E-state index contributed by atoms with van der Waals surface area (Å²) in [5, 5.41) is 2.25. The fourth-order valence-electron chi connectivity index (χ4n) is 4.54. The average Bonchev–Trinajstić information content (AvgIpc) is 2.77. The first-order chi connectivity index (χ1) is 16.5. The van der Waals surface area contributed by atoms with Gasteiger partial charge in [-0.3, -0.25) is 14.5 Å². The molecule has 1 fully saturated rings. The maximum atomic E-state index is 14.1. The van der Waals surface area contributed by atoms with Gasteiger partial charge in [0.15, 0.2) is 5.96 Å². The Bertz CT molecular complexity index is 1230. The summed E-state index contributed by atoms with van der Waals surface area (Å²) in [6.07, 6.45) is 1.34. The van der Waals surface area contributed by atoms with Gasteiger partial charge < -0.3 is 15.8 Å². The molecule has 2 aliphatic heterocycles. The van der Waals surface area contributed by atoms with E-state index in [2.05, 4.69) is 10.3 Å². The van der Waals surface area contributed by atoms with Crippen LogP contribution in [0.4, 0.5) is 14.5 Å². The lowest BCUT2D eigenvalue weighted by atomic mass is 9.86. The highest BCUT2D eigenvalue weighted by atomic mass is 35.5. The van der Waals surface area contributed by atoms with Crippen molar-refractivity contribution in [1.82, 2.24) is 4.90 Å². The van der Waals surface area contributed by atoms with Crippen LogP contribution in [-0.4, -0.2) is 41.4 Å². The van der Waals surface area contributed by atoms with Crippen molar-refractivity contribution >= 4 is 46.7 Å². The molecule has 2 amide bonds. The van der Waals surface area contributed by atoms with Gasteiger partial charge in [-0.1, -0.05) is 35.3 Å². The van der Waals surface area contributed by atoms with E-state index >= 15 is 0 Å². The predicted molar refractivity (Wildman–Crippen MR) is 130 cm³/mol. The molecule has 4 rings (SSSR count). The van der Waals surface area contributed by atoms with E-state index in [9.17, 15) is 18.4 Å². The molecule has 7 nitrogen and oxygen atoms in total. The van der Waals surface area contributed by atoms with Crippen LogP contribution < -0.4 is 11.1 Å². The number of carbonyl (C=O) groups is 2. The summed E-state index contributed by atoms with van der Waals surface area (Å²) in [5.41, 5.74) is 5.36. The molecule has 2 aromatic carbocycles. The molecule has 0 spiro atoms. The van der Waals surface area contributed by atoms with Crippen LogP contribution >= 0.6 is 23.2 Å². The van der Waals surface area contributed by atoms with Gasteiger partial charge in [0.05, 0.1) is 39.4 Å². The Balaban J connectivity index is 1.62. The van der Waals surface area contributed by atoms with Gasteiger partial charge in [-0.05, 0) is 38.8 Å². The van der Waals surface area contributed by atoms with Crippen molar-refractivity contribution in [1.29, 1.82) is 0 Å². The van der Waals surface area contributed by atoms with Crippen molar-refractivity contribution in [3.63, 3.8) is 0 Å². The molecule has 0 saturated carbocycles. The van der Waals surface area contributed by atoms with Gasteiger partial charge in [-0.2, -0.15) is 0 Å². The van der Waals surface area contributed by atoms with Gasteiger partial charge in [0, 0.05) is 24.3 Å². The number of hydrogen-bond acceptors (Lipinski definition) is 5. The van der Waals surface area contributed by atoms with Gasteiger partial charge in [0.1, 0.15) is 11.6 Å². The molecule has 2 aromatic rings. The number of nitrogens with zero attached hydrogens (tertiary/aromatic N) is 2. The quantitative estimate of drug-likeness (QED) is 0.558. The molecule has 3 atom stereocenters. The number of nitrogens with two attached hydrogens (primary N) is 1. The highest BCUT2D eigenvalue weighted by Gasteiger charge is 2.42. The molecule has 0 bridgehead atoms. The summed E-state index contributed by atoms with van der Waals surface area (Å²) >= 11 is 12.3. The van der Waals surface area contributed by atoms with Crippen LogP contribution in [0.2, 0.25) is 10.0 Å². The summed E-state index contributed by atoms with van der Waals surface area (Å²) in [5.74, 6) is -3.00. The van der Waals surface area contributed by atoms with E-state index in [1.54, 1.807) is 19.1 Å². The second-order valence-electron chi connectivity index (χ2n) is 8.91. The van der Waals surface area contributed by atoms with Crippen molar-refractivity contribution in [2.45, 2.75) is 50.8 Å². The van der Waals surface area contributed by atoms with Crippen LogP contribution in [0.3, 0.4) is 0 Å². The first kappa shape index (κ1) is 25.3. The minimum absolute atomic E-state index is 0.0122. The maximum absolute atomic E-state index is 14.1. The highest BCUT2D eigenvalue weighted by molar-refractivity contribution is 6.35. The normalized spacial score (nSPS) is 24.8. The van der Waals surface area contributed by atoms with Crippen LogP contribution in [0.15, 0.2) is 35.3 Å². The first-order valence-electron chi connectivity index (χ1n) is 11.0. The van der Waals surface area contributed by atoms with Gasteiger partial charge in [0.2, 0.25) is 5.91 Å². The van der Waals surface area contributed by atoms with Crippen LogP contribution in [0.1, 0.15) is 49.0 Å². The number of aliphatic imine (C=N–C) groups is 1. The van der Waals surface area contributed by atoms with E-state index in [0.717, 1.165) is 6.07 Å². The molecule has 0 aromatic heterocycles. The maximum Gasteiger partial charge on any atom is 0.258 e. The van der Waals surface area contributed by atoms with Crippen molar-refractivity contribution in [2.24, 2.45) is 10.7 Å². The fraction of sp³-hybridized carbons (Fsp3) is 0.375. The first-order valence-corrected chi connectivity index (χ1v) is 11.8. The third kappa shape index (κ3) is 4.98.